The molecule has 0 radical (unpaired) electrons. The van der Waals surface area contributed by atoms with E-state index in [9.17, 15) is 9.59 Å². The van der Waals surface area contributed by atoms with E-state index in [1.54, 1.807) is 0 Å². The van der Waals surface area contributed by atoms with Gasteiger partial charge in [-0.15, -0.1) is 0 Å². The summed E-state index contributed by atoms with van der Waals surface area (Å²) in [5, 5.41) is 5.68. The summed E-state index contributed by atoms with van der Waals surface area (Å²) in [5.41, 5.74) is 3.15. The molecule has 1 fully saturated rings. The fraction of sp³-hybridized carbons (Fsp3) is 0.348. The van der Waals surface area contributed by atoms with Crippen LogP contribution in [0.25, 0.3) is 0 Å². The Morgan fingerprint density at radius 1 is 1.07 bits per heavy atom. The molecule has 1 saturated heterocycles. The molecule has 0 aliphatic carbocycles. The SMILES string of the molecule is Cc1ccc(NC(=O)CC2N=C(N3CCN(Cc4ccccc4)CC3)NC2=O)cc1. The van der Waals surface area contributed by atoms with Gasteiger partial charge in [0.1, 0.15) is 6.04 Å². The van der Waals surface area contributed by atoms with Crippen molar-refractivity contribution in [1.29, 1.82) is 0 Å². The molecule has 1 atom stereocenters. The van der Waals surface area contributed by atoms with Crippen LogP contribution in [0.15, 0.2) is 59.6 Å². The van der Waals surface area contributed by atoms with Crippen LogP contribution in [0, 0.1) is 6.92 Å². The van der Waals surface area contributed by atoms with E-state index in [1.807, 2.05) is 37.3 Å². The largest absolute Gasteiger partial charge is 0.340 e. The molecule has 1 unspecified atom stereocenters. The van der Waals surface area contributed by atoms with Crippen molar-refractivity contribution < 1.29 is 9.59 Å². The average molecular weight is 406 g/mol. The second kappa shape index (κ2) is 9.09. The minimum Gasteiger partial charge on any atom is -0.340 e. The predicted octanol–water partition coefficient (Wildman–Crippen LogP) is 2.00. The fourth-order valence-electron chi connectivity index (χ4n) is 3.71. The number of rotatable bonds is 5. The Labute approximate surface area is 176 Å². The molecule has 2 aliphatic rings. The van der Waals surface area contributed by atoms with Crippen molar-refractivity contribution in [2.75, 3.05) is 31.5 Å². The van der Waals surface area contributed by atoms with Crippen LogP contribution in [0.1, 0.15) is 17.5 Å². The van der Waals surface area contributed by atoms with Gasteiger partial charge in [-0.05, 0) is 24.6 Å². The first-order valence-electron chi connectivity index (χ1n) is 10.3. The van der Waals surface area contributed by atoms with E-state index in [4.69, 9.17) is 0 Å². The summed E-state index contributed by atoms with van der Waals surface area (Å²) in [4.78, 5) is 33.6. The quantitative estimate of drug-likeness (QED) is 0.798. The lowest BCUT2D eigenvalue weighted by Crippen LogP contribution is -2.51. The molecule has 2 aromatic carbocycles. The second-order valence-corrected chi connectivity index (χ2v) is 7.82. The van der Waals surface area contributed by atoms with Crippen LogP contribution in [0.5, 0.6) is 0 Å². The first-order valence-corrected chi connectivity index (χ1v) is 10.3. The minimum absolute atomic E-state index is 0.0389. The van der Waals surface area contributed by atoms with Crippen molar-refractivity contribution in [2.45, 2.75) is 25.9 Å². The number of hydrogen-bond donors (Lipinski definition) is 2. The third kappa shape index (κ3) is 5.04. The molecule has 0 bridgehead atoms. The zero-order chi connectivity index (χ0) is 20.9. The summed E-state index contributed by atoms with van der Waals surface area (Å²) >= 11 is 0. The number of guanidine groups is 1. The summed E-state index contributed by atoms with van der Waals surface area (Å²) in [6, 6.07) is 17.3. The molecule has 0 aromatic heterocycles. The molecule has 4 rings (SSSR count). The first kappa shape index (κ1) is 20.1. The number of aliphatic imine (C=N–C) groups is 1. The number of carbonyl (C=O) groups is 2. The summed E-state index contributed by atoms with van der Waals surface area (Å²) in [5.74, 6) is 0.167. The average Bonchev–Trinajstić information content (AvgIpc) is 3.11. The minimum atomic E-state index is -0.673. The molecule has 0 spiro atoms. The number of hydrogen-bond acceptors (Lipinski definition) is 5. The molecule has 2 aromatic rings. The Morgan fingerprint density at radius 2 is 1.77 bits per heavy atom. The van der Waals surface area contributed by atoms with Gasteiger partial charge in [0.15, 0.2) is 0 Å². The van der Waals surface area contributed by atoms with Crippen molar-refractivity contribution in [3.63, 3.8) is 0 Å². The van der Waals surface area contributed by atoms with Gasteiger partial charge in [-0.1, -0.05) is 48.0 Å². The molecule has 2 heterocycles. The molecular formula is C23H27N5O2. The van der Waals surface area contributed by atoms with Crippen molar-refractivity contribution >= 4 is 23.5 Å². The molecule has 7 nitrogen and oxygen atoms in total. The van der Waals surface area contributed by atoms with E-state index in [1.165, 1.54) is 5.56 Å². The van der Waals surface area contributed by atoms with Crippen molar-refractivity contribution in [3.05, 3.63) is 65.7 Å². The predicted molar refractivity (Wildman–Crippen MR) is 117 cm³/mol. The van der Waals surface area contributed by atoms with Crippen LogP contribution in [0.2, 0.25) is 0 Å². The van der Waals surface area contributed by atoms with Gasteiger partial charge >= 0.3 is 0 Å². The van der Waals surface area contributed by atoms with Crippen molar-refractivity contribution in [2.24, 2.45) is 4.99 Å². The molecule has 0 saturated carbocycles. The van der Waals surface area contributed by atoms with E-state index in [2.05, 4.69) is 49.7 Å². The van der Waals surface area contributed by atoms with Crippen LogP contribution < -0.4 is 10.6 Å². The molecule has 2 aliphatic heterocycles. The van der Waals surface area contributed by atoms with Crippen molar-refractivity contribution in [1.82, 2.24) is 15.1 Å². The highest BCUT2D eigenvalue weighted by molar-refractivity contribution is 6.07. The lowest BCUT2D eigenvalue weighted by atomic mass is 10.2. The van der Waals surface area contributed by atoms with Gasteiger partial charge in [-0.2, -0.15) is 0 Å². The number of amides is 2. The zero-order valence-corrected chi connectivity index (χ0v) is 17.2. The first-order chi connectivity index (χ1) is 14.6. The number of aryl methyl sites for hydroxylation is 1. The number of carbonyl (C=O) groups excluding carboxylic acids is 2. The van der Waals surface area contributed by atoms with Crippen LogP contribution in [-0.4, -0.2) is 59.8 Å². The lowest BCUT2D eigenvalue weighted by molar-refractivity contribution is -0.124. The Bertz CT molecular complexity index is 918. The van der Waals surface area contributed by atoms with Gasteiger partial charge < -0.3 is 10.2 Å². The summed E-state index contributed by atoms with van der Waals surface area (Å²) in [7, 11) is 0. The molecular weight excluding hydrogens is 378 g/mol. The molecule has 2 N–H and O–H groups in total. The highest BCUT2D eigenvalue weighted by Gasteiger charge is 2.32. The van der Waals surface area contributed by atoms with Gasteiger partial charge in [-0.3, -0.25) is 19.8 Å². The standard InChI is InChI=1S/C23H27N5O2/c1-17-7-9-19(10-8-17)24-21(29)15-20-22(30)26-23(25-20)28-13-11-27(12-14-28)16-18-5-3-2-4-6-18/h2-10,20H,11-16H2,1H3,(H,24,29)(H,25,26,30). The fourth-order valence-corrected chi connectivity index (χ4v) is 3.71. The Hall–Kier alpha value is -3.19. The number of nitrogens with zero attached hydrogens (tertiary/aromatic N) is 3. The van der Waals surface area contributed by atoms with Gasteiger partial charge in [0.2, 0.25) is 11.9 Å². The van der Waals surface area contributed by atoms with E-state index < -0.39 is 6.04 Å². The van der Waals surface area contributed by atoms with Crippen LogP contribution in [0.3, 0.4) is 0 Å². The summed E-state index contributed by atoms with van der Waals surface area (Å²) in [6.07, 6.45) is 0.0389. The van der Waals surface area contributed by atoms with E-state index >= 15 is 0 Å². The monoisotopic (exact) mass is 405 g/mol. The van der Waals surface area contributed by atoms with Crippen LogP contribution in [0.4, 0.5) is 5.69 Å². The number of piperazine rings is 1. The summed E-state index contributed by atoms with van der Waals surface area (Å²) in [6.45, 7) is 6.33. The molecule has 7 heteroatoms. The Balaban J connectivity index is 1.28. The van der Waals surface area contributed by atoms with Gasteiger partial charge in [0, 0.05) is 38.4 Å². The summed E-state index contributed by atoms with van der Waals surface area (Å²) < 4.78 is 0. The molecule has 156 valence electrons. The highest BCUT2D eigenvalue weighted by Crippen LogP contribution is 2.14. The van der Waals surface area contributed by atoms with Gasteiger partial charge in [0.05, 0.1) is 6.42 Å². The van der Waals surface area contributed by atoms with E-state index in [-0.39, 0.29) is 18.2 Å². The van der Waals surface area contributed by atoms with Crippen LogP contribution in [-0.2, 0) is 16.1 Å². The maximum absolute atomic E-state index is 12.3. The third-order valence-electron chi connectivity index (χ3n) is 5.45. The van der Waals surface area contributed by atoms with E-state index in [0.29, 0.717) is 5.96 Å². The van der Waals surface area contributed by atoms with Crippen molar-refractivity contribution in [3.8, 4) is 0 Å². The number of benzene rings is 2. The van der Waals surface area contributed by atoms with Gasteiger partial charge in [0.25, 0.3) is 5.91 Å². The molecule has 2 amide bonds. The smallest absolute Gasteiger partial charge is 0.252 e. The zero-order valence-electron chi connectivity index (χ0n) is 17.2. The topological polar surface area (TPSA) is 77.0 Å². The van der Waals surface area contributed by atoms with Crippen LogP contribution >= 0.6 is 0 Å². The number of anilines is 1. The number of nitrogens with one attached hydrogen (secondary N) is 2. The lowest BCUT2D eigenvalue weighted by Gasteiger charge is -2.35. The second-order valence-electron chi connectivity index (χ2n) is 7.82. The normalized spacial score (nSPS) is 19.4. The maximum Gasteiger partial charge on any atom is 0.252 e. The Morgan fingerprint density at radius 3 is 2.47 bits per heavy atom. The molecule has 30 heavy (non-hydrogen) atoms. The van der Waals surface area contributed by atoms with E-state index in [0.717, 1.165) is 44.0 Å². The highest BCUT2D eigenvalue weighted by atomic mass is 16.2. The maximum atomic E-state index is 12.3. The Kier molecular flexibility index (Phi) is 6.09. The third-order valence-corrected chi connectivity index (χ3v) is 5.45. The van der Waals surface area contributed by atoms with Gasteiger partial charge in [-0.25, -0.2) is 4.99 Å².